The summed E-state index contributed by atoms with van der Waals surface area (Å²) in [6, 6.07) is 16.9. The molecule has 0 spiro atoms. The summed E-state index contributed by atoms with van der Waals surface area (Å²) in [4.78, 5) is 38.8. The molecule has 0 fully saturated rings. The van der Waals surface area contributed by atoms with Crippen molar-refractivity contribution in [1.29, 1.82) is 0 Å². The van der Waals surface area contributed by atoms with Gasteiger partial charge in [0.2, 0.25) is 0 Å². The molecule has 0 saturated heterocycles. The molecule has 0 bridgehead atoms. The first kappa shape index (κ1) is 24.5. The van der Waals surface area contributed by atoms with Gasteiger partial charge in [0.25, 0.3) is 15.6 Å². The first-order valence-corrected chi connectivity index (χ1v) is 13.2. The molecular weight excluding hydrogens is 490 g/mol. The van der Waals surface area contributed by atoms with E-state index in [-0.39, 0.29) is 44.8 Å². The standard InChI is InChI=1S/C28H25N3O5S/c1-16(2)25-17(3)30(4)31(28(25)34)19-10-12-20(13-11-19)37(35,36)29-18-9-14-23-24(15-18)27(33)22-8-6-5-7-21(22)26(23)32/h5-16,29H,1-4H3. The van der Waals surface area contributed by atoms with Crippen LogP contribution in [0.1, 0.15) is 62.9 Å². The molecule has 5 rings (SSSR count). The highest BCUT2D eigenvalue weighted by atomic mass is 32.2. The lowest BCUT2D eigenvalue weighted by molar-refractivity contribution is 0.0979. The van der Waals surface area contributed by atoms with Crippen molar-refractivity contribution >= 4 is 27.3 Å². The number of hydrogen-bond acceptors (Lipinski definition) is 5. The number of nitrogens with one attached hydrogen (secondary N) is 1. The van der Waals surface area contributed by atoms with E-state index in [0.29, 0.717) is 22.4 Å². The molecular formula is C28H25N3O5S. The van der Waals surface area contributed by atoms with Gasteiger partial charge in [-0.2, -0.15) is 0 Å². The fourth-order valence-electron chi connectivity index (χ4n) is 4.83. The molecule has 0 amide bonds. The van der Waals surface area contributed by atoms with E-state index in [1.165, 1.54) is 35.0 Å². The summed E-state index contributed by atoms with van der Waals surface area (Å²) in [5, 5.41) is 0. The van der Waals surface area contributed by atoms with E-state index >= 15 is 0 Å². The first-order chi connectivity index (χ1) is 17.5. The van der Waals surface area contributed by atoms with Gasteiger partial charge >= 0.3 is 0 Å². The molecule has 0 aliphatic heterocycles. The van der Waals surface area contributed by atoms with Crippen molar-refractivity contribution in [3.8, 4) is 5.69 Å². The molecule has 0 unspecified atom stereocenters. The summed E-state index contributed by atoms with van der Waals surface area (Å²) in [7, 11) is -2.22. The van der Waals surface area contributed by atoms with Crippen LogP contribution in [-0.2, 0) is 17.1 Å². The van der Waals surface area contributed by atoms with Crippen LogP contribution in [0.4, 0.5) is 5.69 Å². The number of sulfonamides is 1. The van der Waals surface area contributed by atoms with Gasteiger partial charge in [-0.25, -0.2) is 13.1 Å². The van der Waals surface area contributed by atoms with E-state index in [4.69, 9.17) is 0 Å². The topological polar surface area (TPSA) is 107 Å². The Balaban J connectivity index is 1.45. The van der Waals surface area contributed by atoms with Crippen LogP contribution in [-0.4, -0.2) is 29.3 Å². The van der Waals surface area contributed by atoms with E-state index in [0.717, 1.165) is 5.69 Å². The second kappa shape index (κ2) is 8.70. The van der Waals surface area contributed by atoms with Gasteiger partial charge in [0.1, 0.15) is 0 Å². The monoisotopic (exact) mass is 515 g/mol. The SMILES string of the molecule is Cc1c(C(C)C)c(=O)n(-c2ccc(S(=O)(=O)Nc3ccc4c(c3)C(=O)c3ccccc3C4=O)cc2)n1C. The second-order valence-electron chi connectivity index (χ2n) is 9.36. The summed E-state index contributed by atoms with van der Waals surface area (Å²) < 4.78 is 32.0. The number of fused-ring (bicyclic) bond motifs is 2. The molecule has 0 saturated carbocycles. The van der Waals surface area contributed by atoms with Gasteiger partial charge in [0.05, 0.1) is 10.6 Å². The number of hydrogen-bond donors (Lipinski definition) is 1. The maximum absolute atomic E-state index is 13.1. The quantitative estimate of drug-likeness (QED) is 0.378. The van der Waals surface area contributed by atoms with E-state index in [2.05, 4.69) is 4.72 Å². The fraction of sp³-hybridized carbons (Fsp3) is 0.179. The van der Waals surface area contributed by atoms with Crippen LogP contribution in [0, 0.1) is 6.92 Å². The summed E-state index contributed by atoms with van der Waals surface area (Å²) in [6.07, 6.45) is 0. The number of ketones is 2. The Morgan fingerprint density at radius 3 is 1.92 bits per heavy atom. The summed E-state index contributed by atoms with van der Waals surface area (Å²) >= 11 is 0. The normalized spacial score (nSPS) is 13.0. The zero-order valence-corrected chi connectivity index (χ0v) is 21.6. The first-order valence-electron chi connectivity index (χ1n) is 11.8. The minimum atomic E-state index is -4.01. The number of nitrogens with zero attached hydrogens (tertiary/aromatic N) is 2. The Labute approximate surface area is 214 Å². The number of aromatic nitrogens is 2. The van der Waals surface area contributed by atoms with Gasteiger partial charge in [-0.05, 0) is 55.3 Å². The minimum absolute atomic E-state index is 0.00946. The molecule has 1 aromatic heterocycles. The number of anilines is 1. The average Bonchev–Trinajstić information content (AvgIpc) is 3.10. The van der Waals surface area contributed by atoms with Crippen LogP contribution in [0.25, 0.3) is 5.69 Å². The highest BCUT2D eigenvalue weighted by molar-refractivity contribution is 7.92. The predicted octanol–water partition coefficient (Wildman–Crippen LogP) is 4.18. The molecule has 0 radical (unpaired) electrons. The molecule has 0 atom stereocenters. The van der Waals surface area contributed by atoms with Crippen molar-refractivity contribution in [3.63, 3.8) is 0 Å². The fourth-order valence-corrected chi connectivity index (χ4v) is 5.88. The maximum atomic E-state index is 13.1. The number of carbonyl (C=O) groups excluding carboxylic acids is 2. The van der Waals surface area contributed by atoms with Gasteiger partial charge in [0, 0.05) is 46.2 Å². The lowest BCUT2D eigenvalue weighted by atomic mass is 9.84. The summed E-state index contributed by atoms with van der Waals surface area (Å²) in [5.41, 5.74) is 3.14. The second-order valence-corrected chi connectivity index (χ2v) is 11.0. The molecule has 3 aromatic carbocycles. The maximum Gasteiger partial charge on any atom is 0.275 e. The van der Waals surface area contributed by atoms with E-state index in [1.54, 1.807) is 48.1 Å². The van der Waals surface area contributed by atoms with Gasteiger partial charge in [-0.15, -0.1) is 0 Å². The number of benzene rings is 3. The average molecular weight is 516 g/mol. The zero-order valence-electron chi connectivity index (χ0n) is 20.8. The third kappa shape index (κ3) is 3.92. The molecule has 9 heteroatoms. The van der Waals surface area contributed by atoms with Crippen molar-refractivity contribution in [1.82, 2.24) is 9.36 Å². The smallest absolute Gasteiger partial charge is 0.275 e. The van der Waals surface area contributed by atoms with Crippen LogP contribution in [0.15, 0.2) is 76.4 Å². The van der Waals surface area contributed by atoms with E-state index in [1.807, 2.05) is 20.8 Å². The summed E-state index contributed by atoms with van der Waals surface area (Å²) in [5.74, 6) is -0.558. The van der Waals surface area contributed by atoms with Crippen molar-refractivity contribution in [3.05, 3.63) is 111 Å². The van der Waals surface area contributed by atoms with Gasteiger partial charge in [0.15, 0.2) is 11.6 Å². The number of rotatable bonds is 5. The van der Waals surface area contributed by atoms with Crippen LogP contribution in [0.5, 0.6) is 0 Å². The molecule has 1 aliphatic carbocycles. The minimum Gasteiger partial charge on any atom is -0.289 e. The Morgan fingerprint density at radius 2 is 1.35 bits per heavy atom. The third-order valence-corrected chi connectivity index (χ3v) is 8.14. The Hall–Kier alpha value is -4.24. The zero-order chi connectivity index (χ0) is 26.6. The molecule has 37 heavy (non-hydrogen) atoms. The molecule has 4 aromatic rings. The van der Waals surface area contributed by atoms with Gasteiger partial charge in [-0.1, -0.05) is 38.1 Å². The van der Waals surface area contributed by atoms with Crippen LogP contribution >= 0.6 is 0 Å². The van der Waals surface area contributed by atoms with Crippen LogP contribution < -0.4 is 10.3 Å². The Morgan fingerprint density at radius 1 is 0.784 bits per heavy atom. The highest BCUT2D eigenvalue weighted by Crippen LogP contribution is 2.30. The third-order valence-electron chi connectivity index (χ3n) is 6.74. The van der Waals surface area contributed by atoms with Crippen LogP contribution in [0.2, 0.25) is 0 Å². The summed E-state index contributed by atoms with van der Waals surface area (Å²) in [6.45, 7) is 5.79. The van der Waals surface area contributed by atoms with Crippen molar-refractivity contribution < 1.29 is 18.0 Å². The molecule has 1 aliphatic rings. The molecule has 8 nitrogen and oxygen atoms in total. The molecule has 1 heterocycles. The van der Waals surface area contributed by atoms with Crippen molar-refractivity contribution in [2.45, 2.75) is 31.6 Å². The molecule has 1 N–H and O–H groups in total. The van der Waals surface area contributed by atoms with Crippen LogP contribution in [0.3, 0.4) is 0 Å². The lowest BCUT2D eigenvalue weighted by Gasteiger charge is -2.18. The molecule has 188 valence electrons. The van der Waals surface area contributed by atoms with E-state index in [9.17, 15) is 22.8 Å². The van der Waals surface area contributed by atoms with Gasteiger partial charge in [-0.3, -0.25) is 23.8 Å². The Bertz CT molecular complexity index is 1760. The predicted molar refractivity (Wildman–Crippen MR) is 140 cm³/mol. The Kier molecular flexibility index (Phi) is 5.75. The van der Waals surface area contributed by atoms with Crippen molar-refractivity contribution in [2.75, 3.05) is 4.72 Å². The van der Waals surface area contributed by atoms with Gasteiger partial charge < -0.3 is 0 Å². The highest BCUT2D eigenvalue weighted by Gasteiger charge is 2.30. The number of carbonyl (C=O) groups is 2. The van der Waals surface area contributed by atoms with Crippen molar-refractivity contribution in [2.24, 2.45) is 7.05 Å². The largest absolute Gasteiger partial charge is 0.289 e. The van der Waals surface area contributed by atoms with E-state index < -0.39 is 10.0 Å². The lowest BCUT2D eigenvalue weighted by Crippen LogP contribution is -2.22.